The standard InChI is InChI=1S/C30H36N6O2S/c1-17-11-24(35-36(17)5)27(37)32-22-8-6-7-18(14-22)25(16-31)33-28(38)26-15-20-12-19-13-21(30(2,3)4)9-10-23(19)34-29(20)39-26/h6-8,11-12,14-15,21,25H,9-10,13,16,31H2,1-5H3,(H,32,37)(H,33,38)/t21-,25-/m1/s1. The lowest BCUT2D eigenvalue weighted by molar-refractivity contribution is 0.0941. The fourth-order valence-corrected chi connectivity index (χ4v) is 6.12. The van der Waals surface area contributed by atoms with Crippen LogP contribution in [0.1, 0.15) is 75.9 Å². The van der Waals surface area contributed by atoms with Crippen LogP contribution >= 0.6 is 11.3 Å². The third kappa shape index (κ3) is 5.74. The number of hydrogen-bond acceptors (Lipinski definition) is 6. The third-order valence-corrected chi connectivity index (χ3v) is 8.80. The molecular weight excluding hydrogens is 508 g/mol. The molecule has 1 aromatic carbocycles. The van der Waals surface area contributed by atoms with Crippen molar-refractivity contribution in [2.75, 3.05) is 11.9 Å². The average Bonchev–Trinajstić information content (AvgIpc) is 3.47. The molecule has 1 aliphatic rings. The number of benzene rings is 1. The van der Waals surface area contributed by atoms with Crippen molar-refractivity contribution in [3.8, 4) is 0 Å². The summed E-state index contributed by atoms with van der Waals surface area (Å²) in [6, 6.07) is 12.8. The van der Waals surface area contributed by atoms with E-state index in [9.17, 15) is 9.59 Å². The summed E-state index contributed by atoms with van der Waals surface area (Å²) in [7, 11) is 1.80. The predicted molar refractivity (Wildman–Crippen MR) is 156 cm³/mol. The van der Waals surface area contributed by atoms with Crippen LogP contribution < -0.4 is 16.4 Å². The van der Waals surface area contributed by atoms with Gasteiger partial charge in [-0.05, 0) is 79.0 Å². The zero-order chi connectivity index (χ0) is 27.9. The van der Waals surface area contributed by atoms with E-state index in [0.717, 1.165) is 46.4 Å². The molecule has 0 saturated heterocycles. The van der Waals surface area contributed by atoms with Gasteiger partial charge >= 0.3 is 0 Å². The van der Waals surface area contributed by atoms with Gasteiger partial charge in [0, 0.05) is 36.1 Å². The van der Waals surface area contributed by atoms with Crippen LogP contribution in [0.3, 0.4) is 0 Å². The number of nitrogens with zero attached hydrogens (tertiary/aromatic N) is 3. The van der Waals surface area contributed by atoms with Gasteiger partial charge in [0.15, 0.2) is 5.69 Å². The summed E-state index contributed by atoms with van der Waals surface area (Å²) in [4.78, 5) is 32.4. The molecule has 0 aliphatic heterocycles. The van der Waals surface area contributed by atoms with Crippen molar-refractivity contribution in [3.63, 3.8) is 0 Å². The molecule has 1 aliphatic carbocycles. The fourth-order valence-electron chi connectivity index (χ4n) is 5.18. The topological polar surface area (TPSA) is 115 Å². The number of hydrogen-bond donors (Lipinski definition) is 3. The molecule has 9 heteroatoms. The molecule has 0 radical (unpaired) electrons. The van der Waals surface area contributed by atoms with E-state index in [0.29, 0.717) is 22.2 Å². The number of nitrogens with two attached hydrogens (primary N) is 1. The number of anilines is 1. The Labute approximate surface area is 233 Å². The maximum atomic E-state index is 13.3. The normalized spacial score (nSPS) is 16.1. The Hall–Kier alpha value is -3.56. The molecule has 3 aromatic heterocycles. The summed E-state index contributed by atoms with van der Waals surface area (Å²) in [5.74, 6) is 0.153. The van der Waals surface area contributed by atoms with E-state index in [1.807, 2.05) is 31.2 Å². The first-order chi connectivity index (χ1) is 18.5. The summed E-state index contributed by atoms with van der Waals surface area (Å²) in [5.41, 5.74) is 11.5. The first kappa shape index (κ1) is 27.0. The van der Waals surface area contributed by atoms with Crippen LogP contribution in [0, 0.1) is 18.3 Å². The largest absolute Gasteiger partial charge is 0.343 e. The minimum atomic E-state index is -0.412. The quantitative estimate of drug-likeness (QED) is 0.310. The smallest absolute Gasteiger partial charge is 0.276 e. The molecule has 0 bridgehead atoms. The molecule has 0 saturated carbocycles. The highest BCUT2D eigenvalue weighted by molar-refractivity contribution is 7.20. The van der Waals surface area contributed by atoms with Crippen molar-refractivity contribution in [3.05, 3.63) is 75.6 Å². The maximum absolute atomic E-state index is 13.3. The van der Waals surface area contributed by atoms with Crippen LogP contribution in [0.15, 0.2) is 42.5 Å². The highest BCUT2D eigenvalue weighted by Crippen LogP contribution is 2.38. The summed E-state index contributed by atoms with van der Waals surface area (Å²) in [6.45, 7) is 9.03. The van der Waals surface area contributed by atoms with Crippen molar-refractivity contribution in [1.82, 2.24) is 20.1 Å². The Kier molecular flexibility index (Phi) is 7.31. The monoisotopic (exact) mass is 544 g/mol. The van der Waals surface area contributed by atoms with Gasteiger partial charge < -0.3 is 16.4 Å². The van der Waals surface area contributed by atoms with Crippen molar-refractivity contribution < 1.29 is 9.59 Å². The Bertz CT molecular complexity index is 1530. The number of rotatable bonds is 6. The number of thiophene rings is 1. The first-order valence-electron chi connectivity index (χ1n) is 13.4. The lowest BCUT2D eigenvalue weighted by Crippen LogP contribution is -2.33. The molecule has 204 valence electrons. The molecule has 0 fully saturated rings. The van der Waals surface area contributed by atoms with E-state index in [4.69, 9.17) is 10.7 Å². The van der Waals surface area contributed by atoms with Crippen LogP contribution in [0.2, 0.25) is 0 Å². The number of nitrogens with one attached hydrogen (secondary N) is 2. The molecule has 4 aromatic rings. The van der Waals surface area contributed by atoms with Crippen LogP contribution in [0.5, 0.6) is 0 Å². The van der Waals surface area contributed by atoms with E-state index in [1.165, 1.54) is 16.9 Å². The number of pyridine rings is 1. The Morgan fingerprint density at radius 1 is 1.18 bits per heavy atom. The molecule has 5 rings (SSSR count). The van der Waals surface area contributed by atoms with Gasteiger partial charge in [0.05, 0.1) is 10.9 Å². The number of carbonyl (C=O) groups excluding carboxylic acids is 2. The number of aryl methyl sites for hydroxylation is 3. The van der Waals surface area contributed by atoms with Crippen LogP contribution in [-0.4, -0.2) is 33.1 Å². The molecule has 39 heavy (non-hydrogen) atoms. The van der Waals surface area contributed by atoms with Gasteiger partial charge in [0.1, 0.15) is 4.83 Å². The van der Waals surface area contributed by atoms with Crippen LogP contribution in [-0.2, 0) is 19.9 Å². The lowest BCUT2D eigenvalue weighted by Gasteiger charge is -2.34. The van der Waals surface area contributed by atoms with Crippen LogP contribution in [0.25, 0.3) is 10.2 Å². The minimum Gasteiger partial charge on any atom is -0.343 e. The second-order valence-corrected chi connectivity index (χ2v) is 12.6. The molecule has 2 amide bonds. The van der Waals surface area contributed by atoms with Gasteiger partial charge in [-0.1, -0.05) is 32.9 Å². The Morgan fingerprint density at radius 3 is 2.67 bits per heavy atom. The van der Waals surface area contributed by atoms with E-state index in [1.54, 1.807) is 23.9 Å². The summed E-state index contributed by atoms with van der Waals surface area (Å²) in [5, 5.41) is 11.2. The lowest BCUT2D eigenvalue weighted by atomic mass is 9.71. The summed E-state index contributed by atoms with van der Waals surface area (Å²) < 4.78 is 1.66. The molecule has 0 unspecified atom stereocenters. The van der Waals surface area contributed by atoms with Crippen molar-refractivity contribution in [2.24, 2.45) is 24.1 Å². The highest BCUT2D eigenvalue weighted by Gasteiger charge is 2.30. The van der Waals surface area contributed by atoms with Crippen LogP contribution in [0.4, 0.5) is 5.69 Å². The van der Waals surface area contributed by atoms with Gasteiger partial charge in [-0.2, -0.15) is 5.10 Å². The maximum Gasteiger partial charge on any atom is 0.276 e. The Morgan fingerprint density at radius 2 is 1.97 bits per heavy atom. The van der Waals surface area contributed by atoms with Crippen molar-refractivity contribution >= 4 is 39.1 Å². The second kappa shape index (κ2) is 10.5. The van der Waals surface area contributed by atoms with E-state index in [-0.39, 0.29) is 23.8 Å². The van der Waals surface area contributed by atoms with Crippen molar-refractivity contribution in [1.29, 1.82) is 0 Å². The van der Waals surface area contributed by atoms with Gasteiger partial charge in [0.2, 0.25) is 0 Å². The number of aromatic nitrogens is 3. The number of carbonyl (C=O) groups is 2. The molecule has 4 N–H and O–H groups in total. The van der Waals surface area contributed by atoms with Gasteiger partial charge in [-0.15, -0.1) is 11.3 Å². The SMILES string of the molecule is Cc1cc(C(=O)Nc2cccc([C@@H](CN)NC(=O)c3cc4cc5c(nc4s3)CC[C@@H](C(C)(C)C)C5)c2)nn1C. The summed E-state index contributed by atoms with van der Waals surface area (Å²) in [6.07, 6.45) is 3.16. The fraction of sp³-hybridized carbons (Fsp3) is 0.400. The van der Waals surface area contributed by atoms with E-state index < -0.39 is 6.04 Å². The summed E-state index contributed by atoms with van der Waals surface area (Å²) >= 11 is 1.41. The average molecular weight is 545 g/mol. The van der Waals surface area contributed by atoms with Gasteiger partial charge in [0.25, 0.3) is 11.8 Å². The van der Waals surface area contributed by atoms with Gasteiger partial charge in [-0.25, -0.2) is 4.98 Å². The molecule has 8 nitrogen and oxygen atoms in total. The molecule has 3 heterocycles. The zero-order valence-corrected chi connectivity index (χ0v) is 24.0. The zero-order valence-electron chi connectivity index (χ0n) is 23.2. The third-order valence-electron chi connectivity index (χ3n) is 7.76. The molecule has 2 atom stereocenters. The van der Waals surface area contributed by atoms with Crippen molar-refractivity contribution in [2.45, 2.75) is 53.0 Å². The first-order valence-corrected chi connectivity index (χ1v) is 14.2. The van der Waals surface area contributed by atoms with Gasteiger partial charge in [-0.3, -0.25) is 14.3 Å². The Balaban J connectivity index is 1.31. The molecule has 0 spiro atoms. The minimum absolute atomic E-state index is 0.183. The predicted octanol–water partition coefficient (Wildman–Crippen LogP) is 5.17. The second-order valence-electron chi connectivity index (χ2n) is 11.5. The number of fused-ring (bicyclic) bond motifs is 2. The molecular formula is C30H36N6O2S. The number of amides is 2. The highest BCUT2D eigenvalue weighted by atomic mass is 32.1. The van der Waals surface area contributed by atoms with E-state index in [2.05, 4.69) is 42.6 Å². The van der Waals surface area contributed by atoms with E-state index >= 15 is 0 Å².